The summed E-state index contributed by atoms with van der Waals surface area (Å²) in [5.41, 5.74) is -0.872. The molecule has 1 N–H and O–H groups in total. The van der Waals surface area contributed by atoms with Crippen LogP contribution >= 0.6 is 11.6 Å². The van der Waals surface area contributed by atoms with Crippen molar-refractivity contribution in [3.8, 4) is 0 Å². The molecule has 3 aromatic rings. The molecule has 0 saturated heterocycles. The quantitative estimate of drug-likeness (QED) is 0.315. The first-order valence-corrected chi connectivity index (χ1v) is 15.2. The van der Waals surface area contributed by atoms with Crippen molar-refractivity contribution in [3.63, 3.8) is 0 Å². The van der Waals surface area contributed by atoms with Gasteiger partial charge in [-0.25, -0.2) is 8.42 Å². The summed E-state index contributed by atoms with van der Waals surface area (Å²) >= 11 is 6.17. The molecular formula is C30H33ClF3N3O4S. The van der Waals surface area contributed by atoms with Crippen molar-refractivity contribution in [2.45, 2.75) is 51.5 Å². The molecule has 0 heterocycles. The lowest BCUT2D eigenvalue weighted by molar-refractivity contribution is -0.140. The van der Waals surface area contributed by atoms with E-state index in [1.54, 1.807) is 75.4 Å². The van der Waals surface area contributed by atoms with Gasteiger partial charge in [0.2, 0.25) is 21.8 Å². The molecule has 0 unspecified atom stereocenters. The van der Waals surface area contributed by atoms with Gasteiger partial charge in [-0.15, -0.1) is 0 Å². The van der Waals surface area contributed by atoms with Gasteiger partial charge >= 0.3 is 6.18 Å². The maximum Gasteiger partial charge on any atom is 0.416 e. The number of nitrogens with zero attached hydrogens (tertiary/aromatic N) is 2. The van der Waals surface area contributed by atoms with E-state index in [0.717, 1.165) is 24.0 Å². The van der Waals surface area contributed by atoms with Gasteiger partial charge in [0.05, 0.1) is 22.5 Å². The summed E-state index contributed by atoms with van der Waals surface area (Å²) in [5.74, 6) is -1.28. The van der Waals surface area contributed by atoms with Gasteiger partial charge in [0.1, 0.15) is 12.6 Å². The standard InChI is InChI=1S/C30H33ClF3N3O4S/c1-29(2,3)35-28(39)26(17-21-11-7-5-8-12-21)36(19-22-13-9-6-10-14-22)27(38)20-37(42(4,40)41)25-18-23(30(32,33)34)15-16-24(25)31/h5-16,18,26H,17,19-20H2,1-4H3,(H,35,39)/t26-/m1/s1. The molecule has 0 aromatic heterocycles. The number of halogens is 4. The van der Waals surface area contributed by atoms with Crippen molar-refractivity contribution < 1.29 is 31.2 Å². The Hall–Kier alpha value is -3.57. The minimum absolute atomic E-state index is 0.0668. The molecule has 0 spiro atoms. The molecule has 0 aliphatic rings. The number of carbonyl (C=O) groups is 2. The van der Waals surface area contributed by atoms with Gasteiger partial charge < -0.3 is 10.2 Å². The van der Waals surface area contributed by atoms with Crippen molar-refractivity contribution in [1.29, 1.82) is 0 Å². The molecule has 0 fully saturated rings. The summed E-state index contributed by atoms with van der Waals surface area (Å²) in [6, 6.07) is 18.9. The maximum atomic E-state index is 14.0. The van der Waals surface area contributed by atoms with Crippen LogP contribution in [0.2, 0.25) is 5.02 Å². The fourth-order valence-electron chi connectivity index (χ4n) is 4.26. The van der Waals surface area contributed by atoms with E-state index in [2.05, 4.69) is 5.32 Å². The number of nitrogens with one attached hydrogen (secondary N) is 1. The zero-order valence-corrected chi connectivity index (χ0v) is 25.2. The number of alkyl halides is 3. The summed E-state index contributed by atoms with van der Waals surface area (Å²) in [4.78, 5) is 29.0. The maximum absolute atomic E-state index is 14.0. The Balaban J connectivity index is 2.11. The molecule has 0 bridgehead atoms. The fraction of sp³-hybridized carbons (Fsp3) is 0.333. The average Bonchev–Trinajstić information content (AvgIpc) is 2.88. The number of hydrogen-bond acceptors (Lipinski definition) is 4. The first-order chi connectivity index (χ1) is 19.5. The second-order valence-corrected chi connectivity index (χ2v) is 13.2. The Morgan fingerprint density at radius 2 is 1.45 bits per heavy atom. The molecule has 226 valence electrons. The molecular weight excluding hydrogens is 591 g/mol. The molecule has 12 heteroatoms. The molecule has 3 aromatic carbocycles. The zero-order valence-electron chi connectivity index (χ0n) is 23.7. The van der Waals surface area contributed by atoms with Crippen LogP contribution in [0.25, 0.3) is 0 Å². The molecule has 3 rings (SSSR count). The van der Waals surface area contributed by atoms with E-state index in [1.807, 2.05) is 6.07 Å². The number of hydrogen-bond donors (Lipinski definition) is 1. The third kappa shape index (κ3) is 9.22. The van der Waals surface area contributed by atoms with E-state index in [9.17, 15) is 31.2 Å². The fourth-order valence-corrected chi connectivity index (χ4v) is 5.38. The topological polar surface area (TPSA) is 86.8 Å². The van der Waals surface area contributed by atoms with Crippen LogP contribution in [-0.4, -0.2) is 49.5 Å². The van der Waals surface area contributed by atoms with E-state index in [-0.39, 0.29) is 18.0 Å². The van der Waals surface area contributed by atoms with Gasteiger partial charge in [-0.1, -0.05) is 72.3 Å². The predicted molar refractivity (Wildman–Crippen MR) is 157 cm³/mol. The number of amides is 2. The third-order valence-electron chi connectivity index (χ3n) is 6.19. The second-order valence-electron chi connectivity index (χ2n) is 10.9. The van der Waals surface area contributed by atoms with Crippen molar-refractivity contribution in [2.24, 2.45) is 0 Å². The molecule has 1 atom stereocenters. The van der Waals surface area contributed by atoms with Crippen LogP contribution in [-0.2, 0) is 38.8 Å². The van der Waals surface area contributed by atoms with E-state index in [4.69, 9.17) is 11.6 Å². The largest absolute Gasteiger partial charge is 0.416 e. The summed E-state index contributed by atoms with van der Waals surface area (Å²) in [5, 5.41) is 2.61. The van der Waals surface area contributed by atoms with Crippen molar-refractivity contribution in [3.05, 3.63) is 101 Å². The summed E-state index contributed by atoms with van der Waals surface area (Å²) in [7, 11) is -4.30. The number of anilines is 1. The van der Waals surface area contributed by atoms with Gasteiger partial charge in [0, 0.05) is 18.5 Å². The highest BCUT2D eigenvalue weighted by molar-refractivity contribution is 7.92. The number of carbonyl (C=O) groups excluding carboxylic acids is 2. The minimum Gasteiger partial charge on any atom is -0.350 e. The minimum atomic E-state index is -4.78. The predicted octanol–water partition coefficient (Wildman–Crippen LogP) is 5.68. The lowest BCUT2D eigenvalue weighted by Gasteiger charge is -2.35. The normalized spacial score (nSPS) is 12.9. The van der Waals surface area contributed by atoms with Crippen LogP contribution in [0.1, 0.15) is 37.5 Å². The highest BCUT2D eigenvalue weighted by Gasteiger charge is 2.36. The van der Waals surface area contributed by atoms with Crippen LogP contribution < -0.4 is 9.62 Å². The number of benzene rings is 3. The Labute approximate surface area is 249 Å². The first-order valence-electron chi connectivity index (χ1n) is 13.0. The molecule has 2 amide bonds. The zero-order chi connectivity index (χ0) is 31.3. The third-order valence-corrected chi connectivity index (χ3v) is 7.63. The smallest absolute Gasteiger partial charge is 0.350 e. The average molecular weight is 624 g/mol. The van der Waals surface area contributed by atoms with Crippen LogP contribution in [0.4, 0.5) is 18.9 Å². The lowest BCUT2D eigenvalue weighted by Crippen LogP contribution is -2.56. The van der Waals surface area contributed by atoms with E-state index < -0.39 is 57.4 Å². The van der Waals surface area contributed by atoms with Crippen LogP contribution in [0.5, 0.6) is 0 Å². The monoisotopic (exact) mass is 623 g/mol. The van der Waals surface area contributed by atoms with Crippen LogP contribution in [0.15, 0.2) is 78.9 Å². The van der Waals surface area contributed by atoms with Crippen molar-refractivity contribution in [1.82, 2.24) is 10.2 Å². The Bertz CT molecular complexity index is 1500. The van der Waals surface area contributed by atoms with Gasteiger partial charge in [0.25, 0.3) is 0 Å². The number of rotatable bonds is 10. The first kappa shape index (κ1) is 32.9. The molecule has 0 aliphatic heterocycles. The Kier molecular flexibility index (Phi) is 10.3. The van der Waals surface area contributed by atoms with Crippen molar-refractivity contribution >= 4 is 39.1 Å². The summed E-state index contributed by atoms with van der Waals surface area (Å²) < 4.78 is 66.8. The highest BCUT2D eigenvalue weighted by Crippen LogP contribution is 2.36. The van der Waals surface area contributed by atoms with Gasteiger partial charge in [-0.3, -0.25) is 13.9 Å². The molecule has 0 aliphatic carbocycles. The van der Waals surface area contributed by atoms with E-state index >= 15 is 0 Å². The van der Waals surface area contributed by atoms with E-state index in [1.165, 1.54) is 4.90 Å². The summed E-state index contributed by atoms with van der Waals surface area (Å²) in [6.45, 7) is 4.40. The Morgan fingerprint density at radius 1 is 0.905 bits per heavy atom. The van der Waals surface area contributed by atoms with Gasteiger partial charge in [0.15, 0.2) is 0 Å². The molecule has 42 heavy (non-hydrogen) atoms. The Morgan fingerprint density at radius 3 is 1.95 bits per heavy atom. The summed E-state index contributed by atoms with van der Waals surface area (Å²) in [6.07, 6.45) is -3.91. The number of sulfonamides is 1. The van der Waals surface area contributed by atoms with Crippen molar-refractivity contribution in [2.75, 3.05) is 17.1 Å². The second kappa shape index (κ2) is 13.2. The molecule has 0 radical (unpaired) electrons. The van der Waals surface area contributed by atoms with E-state index in [0.29, 0.717) is 15.9 Å². The van der Waals surface area contributed by atoms with Gasteiger partial charge in [-0.2, -0.15) is 13.2 Å². The lowest BCUT2D eigenvalue weighted by atomic mass is 10.0. The highest BCUT2D eigenvalue weighted by atomic mass is 35.5. The molecule has 7 nitrogen and oxygen atoms in total. The van der Waals surface area contributed by atoms with Crippen LogP contribution in [0.3, 0.4) is 0 Å². The van der Waals surface area contributed by atoms with Gasteiger partial charge in [-0.05, 0) is 50.1 Å². The molecule has 0 saturated carbocycles. The SMILES string of the molecule is CC(C)(C)NC(=O)[C@@H](Cc1ccccc1)N(Cc1ccccc1)C(=O)CN(c1cc(C(F)(F)F)ccc1Cl)S(C)(=O)=O. The van der Waals surface area contributed by atoms with Crippen LogP contribution in [0, 0.1) is 0 Å².